The average Bonchev–Trinajstić information content (AvgIpc) is 2.73. The van der Waals surface area contributed by atoms with Crippen LogP contribution in [0.3, 0.4) is 0 Å². The maximum atomic E-state index is 14.1. The number of allylic oxidation sites excluding steroid dienone is 4. The van der Waals surface area contributed by atoms with Gasteiger partial charge in [-0.3, -0.25) is 14.8 Å². The maximum Gasteiger partial charge on any atom is 0.154 e. The molecule has 0 bridgehead atoms. The number of carbonyl (C=O) groups is 1. The van der Waals surface area contributed by atoms with Crippen LogP contribution in [0.4, 0.5) is 4.39 Å². The number of piperazine rings is 1. The van der Waals surface area contributed by atoms with E-state index in [9.17, 15) is 9.18 Å². The van der Waals surface area contributed by atoms with Gasteiger partial charge in [0.25, 0.3) is 0 Å². The molecule has 0 aromatic carbocycles. The van der Waals surface area contributed by atoms with E-state index < -0.39 is 5.82 Å². The highest BCUT2D eigenvalue weighted by molar-refractivity contribution is 6.03. The number of nitrogens with one attached hydrogen (secondary N) is 1. The first-order valence-corrected chi connectivity index (χ1v) is 11.0. The van der Waals surface area contributed by atoms with Crippen LogP contribution in [-0.2, 0) is 4.79 Å². The van der Waals surface area contributed by atoms with E-state index in [1.165, 1.54) is 19.1 Å². The summed E-state index contributed by atoms with van der Waals surface area (Å²) < 4.78 is 14.1. The normalized spacial score (nSPS) is 19.8. The third-order valence-electron chi connectivity index (χ3n) is 5.48. The van der Waals surface area contributed by atoms with Gasteiger partial charge in [-0.2, -0.15) is 0 Å². The number of aliphatic imine (C=N–C) groups is 1. The molecule has 1 fully saturated rings. The van der Waals surface area contributed by atoms with Gasteiger partial charge in [0.2, 0.25) is 0 Å². The summed E-state index contributed by atoms with van der Waals surface area (Å²) in [5.74, 6) is -0.377. The van der Waals surface area contributed by atoms with Crippen LogP contribution >= 0.6 is 0 Å². The summed E-state index contributed by atoms with van der Waals surface area (Å²) in [5, 5.41) is 3.46. The molecule has 0 spiro atoms. The molecule has 2 atom stereocenters. The van der Waals surface area contributed by atoms with Crippen LogP contribution in [0.1, 0.15) is 52.3 Å². The lowest BCUT2D eigenvalue weighted by Crippen LogP contribution is -2.48. The summed E-state index contributed by atoms with van der Waals surface area (Å²) in [7, 11) is 0. The Morgan fingerprint density at radius 1 is 1.45 bits per heavy atom. The van der Waals surface area contributed by atoms with Crippen LogP contribution in [-0.4, -0.2) is 47.1 Å². The molecule has 1 aromatic rings. The molecular formula is C25H35FN4O. The highest BCUT2D eigenvalue weighted by Gasteiger charge is 2.17. The number of hydrogen-bond donors (Lipinski definition) is 1. The lowest BCUT2D eigenvalue weighted by Gasteiger charge is -2.34. The zero-order valence-corrected chi connectivity index (χ0v) is 19.6. The van der Waals surface area contributed by atoms with Gasteiger partial charge in [-0.15, -0.1) is 0 Å². The van der Waals surface area contributed by atoms with E-state index in [-0.39, 0.29) is 11.7 Å². The van der Waals surface area contributed by atoms with Gasteiger partial charge in [0.1, 0.15) is 5.82 Å². The predicted octanol–water partition coefficient (Wildman–Crippen LogP) is 4.70. The van der Waals surface area contributed by atoms with Gasteiger partial charge in [-0.25, -0.2) is 4.39 Å². The quantitative estimate of drug-likeness (QED) is 0.372. The first-order chi connectivity index (χ1) is 14.7. The van der Waals surface area contributed by atoms with Crippen molar-refractivity contribution in [3.05, 3.63) is 59.3 Å². The van der Waals surface area contributed by atoms with Crippen LogP contribution < -0.4 is 5.32 Å². The van der Waals surface area contributed by atoms with Crippen molar-refractivity contribution in [1.82, 2.24) is 15.2 Å². The third-order valence-corrected chi connectivity index (χ3v) is 5.48. The smallest absolute Gasteiger partial charge is 0.154 e. The van der Waals surface area contributed by atoms with E-state index in [1.54, 1.807) is 13.1 Å². The van der Waals surface area contributed by atoms with Gasteiger partial charge < -0.3 is 10.2 Å². The minimum absolute atomic E-state index is 0.142. The van der Waals surface area contributed by atoms with Crippen LogP contribution in [0.2, 0.25) is 0 Å². The number of halogens is 1. The molecule has 1 aliphatic heterocycles. The number of aryl methyl sites for hydroxylation is 1. The highest BCUT2D eigenvalue weighted by atomic mass is 19.1. The summed E-state index contributed by atoms with van der Waals surface area (Å²) in [6.07, 6.45) is 10.1. The summed E-state index contributed by atoms with van der Waals surface area (Å²) >= 11 is 0. The Morgan fingerprint density at radius 3 is 2.77 bits per heavy atom. The molecule has 0 aliphatic carbocycles. The number of nitrogens with zero attached hydrogens (tertiary/aromatic N) is 3. The predicted molar refractivity (Wildman–Crippen MR) is 126 cm³/mol. The Labute approximate surface area is 185 Å². The Bertz CT molecular complexity index is 901. The Kier molecular flexibility index (Phi) is 9.31. The van der Waals surface area contributed by atoms with Crippen LogP contribution in [0.15, 0.2) is 47.3 Å². The number of rotatable bonds is 8. The molecule has 2 rings (SSSR count). The fourth-order valence-corrected chi connectivity index (χ4v) is 3.40. The second-order valence-electron chi connectivity index (χ2n) is 8.13. The molecule has 0 amide bonds. The maximum absolute atomic E-state index is 14.1. The summed E-state index contributed by atoms with van der Waals surface area (Å²) in [6.45, 7) is 14.4. The van der Waals surface area contributed by atoms with E-state index in [0.717, 1.165) is 37.5 Å². The van der Waals surface area contributed by atoms with Crippen LogP contribution in [0.25, 0.3) is 5.70 Å². The van der Waals surface area contributed by atoms with Crippen molar-refractivity contribution in [2.24, 2.45) is 10.9 Å². The number of ketones is 1. The fraction of sp³-hybridized carbons (Fsp3) is 0.480. The highest BCUT2D eigenvalue weighted by Crippen LogP contribution is 2.21. The topological polar surface area (TPSA) is 57.6 Å². The van der Waals surface area contributed by atoms with Gasteiger partial charge in [0.15, 0.2) is 5.78 Å². The van der Waals surface area contributed by atoms with Gasteiger partial charge in [0, 0.05) is 54.9 Å². The Hall–Kier alpha value is -2.60. The summed E-state index contributed by atoms with van der Waals surface area (Å²) in [6, 6.07) is 1.83. The van der Waals surface area contributed by atoms with Crippen molar-refractivity contribution < 1.29 is 9.18 Å². The second kappa shape index (κ2) is 11.7. The minimum atomic E-state index is -0.410. The number of hydrogen-bond acceptors (Lipinski definition) is 5. The van der Waals surface area contributed by atoms with E-state index in [4.69, 9.17) is 4.99 Å². The molecule has 6 heteroatoms. The monoisotopic (exact) mass is 426 g/mol. The van der Waals surface area contributed by atoms with Gasteiger partial charge in [-0.05, 0) is 58.3 Å². The number of pyridine rings is 1. The molecule has 1 aromatic heterocycles. The molecule has 1 saturated heterocycles. The summed E-state index contributed by atoms with van der Waals surface area (Å²) in [4.78, 5) is 23.1. The molecule has 0 saturated carbocycles. The SMILES string of the molecule is C\C=C(/C=C\C(=N\C(=C/C(C)=O)c1cnc(C)c(F)c1)C(C)CC)N1CCN[C@@H](C)C1. The molecule has 168 valence electrons. The molecular weight excluding hydrogens is 391 g/mol. The van der Waals surface area contributed by atoms with Crippen molar-refractivity contribution >= 4 is 17.2 Å². The van der Waals surface area contributed by atoms with Crippen molar-refractivity contribution in [1.29, 1.82) is 0 Å². The minimum Gasteiger partial charge on any atom is -0.369 e. The van der Waals surface area contributed by atoms with Crippen molar-refractivity contribution in [2.45, 2.75) is 54.0 Å². The largest absolute Gasteiger partial charge is 0.369 e. The molecule has 2 heterocycles. The molecule has 5 nitrogen and oxygen atoms in total. The Morgan fingerprint density at radius 2 is 2.19 bits per heavy atom. The van der Waals surface area contributed by atoms with Gasteiger partial charge >= 0.3 is 0 Å². The van der Waals surface area contributed by atoms with Crippen LogP contribution in [0, 0.1) is 18.7 Å². The third kappa shape index (κ3) is 7.24. The molecule has 1 unspecified atom stereocenters. The van der Waals surface area contributed by atoms with Crippen molar-refractivity contribution in [3.63, 3.8) is 0 Å². The molecule has 1 N–H and O–H groups in total. The lowest BCUT2D eigenvalue weighted by atomic mass is 10.0. The van der Waals surface area contributed by atoms with E-state index >= 15 is 0 Å². The first kappa shape index (κ1) is 24.7. The van der Waals surface area contributed by atoms with E-state index in [1.807, 2.05) is 13.0 Å². The van der Waals surface area contributed by atoms with E-state index in [2.05, 4.69) is 48.1 Å². The van der Waals surface area contributed by atoms with Crippen molar-refractivity contribution in [2.75, 3.05) is 19.6 Å². The lowest BCUT2D eigenvalue weighted by molar-refractivity contribution is -0.112. The standard InChI is InChI=1S/C25H35FN4O/c1-7-17(3)24(10-9-22(8-2)30-12-11-27-18(4)16-30)29-25(13-19(5)31)21-14-23(26)20(6)28-15-21/h8-10,13-15,17-18,27H,7,11-12,16H2,1-6H3/b10-9-,22-8+,25-13-,29-24-/t17?,18-/m0/s1. The zero-order valence-electron chi connectivity index (χ0n) is 19.6. The molecule has 31 heavy (non-hydrogen) atoms. The number of carbonyl (C=O) groups excluding carboxylic acids is 1. The van der Waals surface area contributed by atoms with Gasteiger partial charge in [0.05, 0.1) is 11.4 Å². The summed E-state index contributed by atoms with van der Waals surface area (Å²) in [5.41, 5.74) is 3.23. The van der Waals surface area contributed by atoms with Crippen LogP contribution in [0.5, 0.6) is 0 Å². The molecule has 0 radical (unpaired) electrons. The van der Waals surface area contributed by atoms with E-state index in [0.29, 0.717) is 23.0 Å². The van der Waals surface area contributed by atoms with Crippen molar-refractivity contribution in [3.8, 4) is 0 Å². The fourth-order valence-electron chi connectivity index (χ4n) is 3.40. The zero-order chi connectivity index (χ0) is 23.0. The number of aromatic nitrogens is 1. The molecule has 1 aliphatic rings. The second-order valence-corrected chi connectivity index (χ2v) is 8.13. The average molecular weight is 427 g/mol. The van der Waals surface area contributed by atoms with Gasteiger partial charge in [-0.1, -0.05) is 19.9 Å². The Balaban J connectivity index is 2.42. The first-order valence-electron chi connectivity index (χ1n) is 11.0.